The van der Waals surface area contributed by atoms with Crippen LogP contribution in [0.1, 0.15) is 0 Å². The van der Waals surface area contributed by atoms with E-state index in [1.54, 1.807) is 0 Å². The molecule has 0 atom stereocenters. The number of aromatic nitrogens is 4. The zero-order chi connectivity index (χ0) is 57.0. The second-order valence-electron chi connectivity index (χ2n) is 24.2. The van der Waals surface area contributed by atoms with Crippen LogP contribution in [0.3, 0.4) is 0 Å². The van der Waals surface area contributed by atoms with E-state index in [2.05, 4.69) is 277 Å². The van der Waals surface area contributed by atoms with Crippen LogP contribution in [0.2, 0.25) is 0 Å². The Balaban J connectivity index is 1.19. The SMILES string of the molecule is c1ccc(-c2c3nc(c(-c4ccccc4)c4[nH]c(c(-c5ccccc5)c5nc(c(-c6ccccc6)c6[nH]c2c2c7cccc8cccc(c87)c62)c2c6cccc7cccc(c76)c52)c2c5cccc6cccc(c65)c42)c2c4cccc5cccc(c54)c32)cc1. The van der Waals surface area contributed by atoms with E-state index in [-0.39, 0.29) is 0 Å². The molecule has 4 heteroatoms. The van der Waals surface area contributed by atoms with Crippen LogP contribution in [-0.2, 0) is 0 Å². The van der Waals surface area contributed by atoms with E-state index in [0.717, 1.165) is 110 Å². The number of nitrogens with zero attached hydrogens (tertiary/aromatic N) is 2. The third-order valence-electron chi connectivity index (χ3n) is 19.9. The molecule has 0 radical (unpaired) electrons. The third-order valence-corrected chi connectivity index (χ3v) is 19.9. The molecule has 0 aliphatic rings. The molecule has 0 fully saturated rings. The van der Waals surface area contributed by atoms with Crippen LogP contribution in [-0.4, -0.2) is 19.9 Å². The molecule has 0 spiro atoms. The quantitative estimate of drug-likeness (QED) is 0.185. The van der Waals surface area contributed by atoms with E-state index in [4.69, 9.17) is 9.97 Å². The van der Waals surface area contributed by atoms with Crippen molar-refractivity contribution < 1.29 is 0 Å². The zero-order valence-corrected chi connectivity index (χ0v) is 47.3. The summed E-state index contributed by atoms with van der Waals surface area (Å²) >= 11 is 0. The fourth-order valence-electron chi connectivity index (χ4n) is 16.6. The molecule has 4 aromatic heterocycles. The Morgan fingerprint density at radius 1 is 0.170 bits per heavy atom. The minimum atomic E-state index is 0.933. The minimum absolute atomic E-state index is 0.933. The molecule has 4 nitrogen and oxygen atoms in total. The molecule has 17 aromatic carbocycles. The van der Waals surface area contributed by atoms with Crippen molar-refractivity contribution in [3.63, 3.8) is 0 Å². The molecule has 88 heavy (non-hydrogen) atoms. The van der Waals surface area contributed by atoms with Gasteiger partial charge in [0.2, 0.25) is 0 Å². The zero-order valence-electron chi connectivity index (χ0n) is 47.3. The Morgan fingerprint density at radius 3 is 0.568 bits per heavy atom. The van der Waals surface area contributed by atoms with Crippen molar-refractivity contribution in [2.75, 3.05) is 0 Å². The number of aromatic amines is 2. The number of hydrogen-bond donors (Lipinski definition) is 2. The van der Waals surface area contributed by atoms with Gasteiger partial charge in [-0.15, -0.1) is 0 Å². The van der Waals surface area contributed by atoms with E-state index in [9.17, 15) is 0 Å². The first-order valence-electron chi connectivity index (χ1n) is 30.5. The predicted octanol–water partition coefficient (Wildman–Crippen LogP) is 23.1. The van der Waals surface area contributed by atoms with Crippen molar-refractivity contribution in [3.8, 4) is 44.5 Å². The highest BCUT2D eigenvalue weighted by Crippen LogP contribution is 2.56. The molecule has 402 valence electrons. The second kappa shape index (κ2) is 17.0. The molecule has 0 aliphatic carbocycles. The smallest absolute Gasteiger partial charge is 0.0822 e. The van der Waals surface area contributed by atoms with E-state index in [0.29, 0.717) is 0 Å². The van der Waals surface area contributed by atoms with Crippen LogP contribution in [0.25, 0.3) is 218 Å². The topological polar surface area (TPSA) is 57.4 Å². The van der Waals surface area contributed by atoms with E-state index in [1.807, 2.05) is 0 Å². The van der Waals surface area contributed by atoms with Crippen LogP contribution in [0.5, 0.6) is 0 Å². The second-order valence-corrected chi connectivity index (χ2v) is 24.2. The lowest BCUT2D eigenvalue weighted by Gasteiger charge is -2.08. The molecule has 21 rings (SSSR count). The molecular formula is C84H46N4. The maximum Gasteiger partial charge on any atom is 0.0822 e. The molecule has 0 aliphatic heterocycles. The number of benzene rings is 12. The van der Waals surface area contributed by atoms with Gasteiger partial charge in [0.1, 0.15) is 0 Å². The summed E-state index contributed by atoms with van der Waals surface area (Å²) in [5, 5.41) is 28.6. The van der Waals surface area contributed by atoms with Crippen molar-refractivity contribution in [1.29, 1.82) is 0 Å². The summed E-state index contributed by atoms with van der Waals surface area (Å²) < 4.78 is 0. The van der Waals surface area contributed by atoms with E-state index in [1.165, 1.54) is 108 Å². The Bertz CT molecular complexity index is 5520. The monoisotopic (exact) mass is 1110 g/mol. The average Bonchev–Trinajstić information content (AvgIpc) is 1.63. The lowest BCUT2D eigenvalue weighted by atomic mass is 10.00. The van der Waals surface area contributed by atoms with Crippen LogP contribution >= 0.6 is 0 Å². The van der Waals surface area contributed by atoms with Gasteiger partial charge < -0.3 is 9.97 Å². The Morgan fingerprint density at radius 2 is 0.364 bits per heavy atom. The summed E-state index contributed by atoms with van der Waals surface area (Å²) in [6.07, 6.45) is 0. The molecule has 4 heterocycles. The van der Waals surface area contributed by atoms with Crippen LogP contribution < -0.4 is 0 Å². The number of rotatable bonds is 4. The highest BCUT2D eigenvalue weighted by atomic mass is 14.8. The lowest BCUT2D eigenvalue weighted by Crippen LogP contribution is -1.86. The highest BCUT2D eigenvalue weighted by Gasteiger charge is 2.31. The summed E-state index contributed by atoms with van der Waals surface area (Å²) in [5.41, 5.74) is 16.3. The number of hydrogen-bond acceptors (Lipinski definition) is 2. The molecule has 2 N–H and O–H groups in total. The Labute approximate surface area is 501 Å². The van der Waals surface area contributed by atoms with Crippen LogP contribution in [0.15, 0.2) is 267 Å². The van der Waals surface area contributed by atoms with Gasteiger partial charge in [0.25, 0.3) is 0 Å². The van der Waals surface area contributed by atoms with Crippen molar-refractivity contribution in [1.82, 2.24) is 19.9 Å². The summed E-state index contributed by atoms with van der Waals surface area (Å²) in [7, 11) is 0. The molecule has 0 saturated heterocycles. The van der Waals surface area contributed by atoms with Gasteiger partial charge in [-0.1, -0.05) is 267 Å². The summed E-state index contributed by atoms with van der Waals surface area (Å²) in [6.45, 7) is 0. The van der Waals surface area contributed by atoms with Crippen molar-refractivity contribution in [2.45, 2.75) is 0 Å². The average molecular weight is 1110 g/mol. The number of H-pyrrole nitrogens is 2. The first kappa shape index (κ1) is 46.6. The predicted molar refractivity (Wildman–Crippen MR) is 375 cm³/mol. The standard InChI is InChI=1S/C84H46N4/c1-5-21-49(22-6-1)65-77-69-53-37-13-29-45-31-15-39-55(61(45)53)71(69)79(85-77)66(50-23-7-2-8-24-50)81-73-57-41-17-33-47-35-19-43-59(63(47)57)75(73)83(87-81)68(52-27-11-4-12-28-52)84-76-60-44-20-36-48-34-18-42-58(64(48)60)74(76)82(88-84)67(51-25-9-3-10-26-51)80-72-56-40-16-32-46-30-14-38-54(62(46)56)70(72)78(65)86-80/h1-44,85,88H. The Hall–Kier alpha value is -11.7. The minimum Gasteiger partial charge on any atom is -0.353 e. The Kier molecular flexibility index (Phi) is 9.01. The van der Waals surface area contributed by atoms with Gasteiger partial charge >= 0.3 is 0 Å². The molecule has 0 amide bonds. The van der Waals surface area contributed by atoms with Gasteiger partial charge in [-0.2, -0.15) is 0 Å². The lowest BCUT2D eigenvalue weighted by molar-refractivity contribution is 1.49. The molecular weight excluding hydrogens is 1060 g/mol. The first-order chi connectivity index (χ1) is 43.7. The van der Waals surface area contributed by atoms with Crippen molar-refractivity contribution in [3.05, 3.63) is 267 Å². The van der Waals surface area contributed by atoms with Gasteiger partial charge in [0, 0.05) is 65.3 Å². The van der Waals surface area contributed by atoms with Crippen LogP contribution in [0.4, 0.5) is 0 Å². The van der Waals surface area contributed by atoms with Gasteiger partial charge in [-0.25, -0.2) is 9.97 Å². The van der Waals surface area contributed by atoms with Gasteiger partial charge in [0.05, 0.1) is 44.1 Å². The fourth-order valence-corrected chi connectivity index (χ4v) is 16.6. The first-order valence-corrected chi connectivity index (χ1v) is 30.5. The van der Waals surface area contributed by atoms with Gasteiger partial charge in [0.15, 0.2) is 0 Å². The molecule has 0 saturated carbocycles. The summed E-state index contributed by atoms with van der Waals surface area (Å²) in [6, 6.07) is 99.1. The van der Waals surface area contributed by atoms with E-state index >= 15 is 0 Å². The van der Waals surface area contributed by atoms with Crippen LogP contribution in [0, 0.1) is 0 Å². The summed E-state index contributed by atoms with van der Waals surface area (Å²) in [4.78, 5) is 21.7. The summed E-state index contributed by atoms with van der Waals surface area (Å²) in [5.74, 6) is 0. The largest absolute Gasteiger partial charge is 0.353 e. The van der Waals surface area contributed by atoms with Gasteiger partial charge in [-0.05, 0) is 108 Å². The third kappa shape index (κ3) is 5.89. The normalized spacial score (nSPS) is 12.5. The maximum absolute atomic E-state index is 6.40. The van der Waals surface area contributed by atoms with Crippen molar-refractivity contribution >= 4 is 173 Å². The van der Waals surface area contributed by atoms with E-state index < -0.39 is 0 Å². The molecule has 21 aromatic rings. The van der Waals surface area contributed by atoms with Crippen molar-refractivity contribution in [2.24, 2.45) is 0 Å². The fraction of sp³-hybridized carbons (Fsp3) is 0. The number of nitrogens with one attached hydrogen (secondary N) is 2. The maximum atomic E-state index is 6.40. The van der Waals surface area contributed by atoms with Gasteiger partial charge in [-0.3, -0.25) is 0 Å². The highest BCUT2D eigenvalue weighted by molar-refractivity contribution is 6.47. The molecule has 8 bridgehead atoms. The molecule has 0 unspecified atom stereocenters.